The fraction of sp³-hybridized carbons (Fsp3) is 0.944. The molecule has 5 atom stereocenters. The van der Waals surface area contributed by atoms with E-state index in [4.69, 9.17) is 37.0 Å². The van der Waals surface area contributed by atoms with E-state index in [1.54, 1.807) is 0 Å². The number of carbonyl (C=O) groups excluding carboxylic acids is 4. The first-order valence-electron chi connectivity index (χ1n) is 36.7. The summed E-state index contributed by atoms with van der Waals surface area (Å²) in [7, 11) is -9.90. The maximum atomic E-state index is 13.0. The van der Waals surface area contributed by atoms with Crippen LogP contribution in [0.5, 0.6) is 0 Å². The Kier molecular flexibility index (Phi) is 59.4. The van der Waals surface area contributed by atoms with Crippen LogP contribution < -0.4 is 0 Å². The lowest BCUT2D eigenvalue weighted by molar-refractivity contribution is -0.161. The molecule has 0 bridgehead atoms. The molecule has 19 heteroatoms. The van der Waals surface area contributed by atoms with E-state index >= 15 is 0 Å². The number of hydrogen-bond donors (Lipinski definition) is 3. The number of ether oxygens (including phenoxy) is 4. The highest BCUT2D eigenvalue weighted by molar-refractivity contribution is 7.47. The van der Waals surface area contributed by atoms with Crippen LogP contribution in [-0.4, -0.2) is 96.7 Å². The van der Waals surface area contributed by atoms with Gasteiger partial charge in [0.1, 0.15) is 19.3 Å². The summed E-state index contributed by atoms with van der Waals surface area (Å²) in [6.07, 6.45) is 43.3. The molecule has 0 saturated carbocycles. The molecule has 17 nitrogen and oxygen atoms in total. The Balaban J connectivity index is 5.22. The number of esters is 4. The Morgan fingerprint density at radius 2 is 0.467 bits per heavy atom. The van der Waals surface area contributed by atoms with E-state index < -0.39 is 97.5 Å². The monoisotopic (exact) mass is 1320 g/mol. The molecule has 0 fully saturated rings. The molecule has 90 heavy (non-hydrogen) atoms. The molecule has 0 aromatic carbocycles. The van der Waals surface area contributed by atoms with E-state index in [0.717, 1.165) is 115 Å². The van der Waals surface area contributed by atoms with Gasteiger partial charge in [0.15, 0.2) is 12.2 Å². The van der Waals surface area contributed by atoms with Crippen molar-refractivity contribution in [3.8, 4) is 0 Å². The SMILES string of the molecule is CC(C)CCCCCCCCCCCCCCCCCC(=O)O[C@H](COC(=O)CCCCCCCCCC(C)C)COP(=O)(O)OCC(O)COP(=O)(O)OC[C@@H](COC(=O)CCCCCCCCCC(C)C)OC(=O)CCCCCCCCCCCC(C)C. The van der Waals surface area contributed by atoms with Crippen LogP contribution in [0, 0.1) is 23.7 Å². The predicted octanol–water partition coefficient (Wildman–Crippen LogP) is 20.1. The summed E-state index contributed by atoms with van der Waals surface area (Å²) >= 11 is 0. The van der Waals surface area contributed by atoms with Crippen LogP contribution in [0.3, 0.4) is 0 Å². The third-order valence-electron chi connectivity index (χ3n) is 16.3. The molecule has 0 aliphatic heterocycles. The number of phosphoric acid groups is 2. The Morgan fingerprint density at radius 1 is 0.278 bits per heavy atom. The highest BCUT2D eigenvalue weighted by atomic mass is 31.2. The molecule has 0 heterocycles. The Hall–Kier alpha value is -1.94. The van der Waals surface area contributed by atoms with E-state index in [-0.39, 0.29) is 25.7 Å². The molecular weight excluding hydrogens is 1190 g/mol. The molecule has 0 aliphatic rings. The maximum absolute atomic E-state index is 13.0. The first-order valence-corrected chi connectivity index (χ1v) is 39.7. The zero-order valence-electron chi connectivity index (χ0n) is 58.8. The van der Waals surface area contributed by atoms with Gasteiger partial charge in [0.05, 0.1) is 26.4 Å². The highest BCUT2D eigenvalue weighted by Gasteiger charge is 2.30. The van der Waals surface area contributed by atoms with Gasteiger partial charge in [0, 0.05) is 25.7 Å². The van der Waals surface area contributed by atoms with Gasteiger partial charge in [-0.25, -0.2) is 9.13 Å². The summed E-state index contributed by atoms with van der Waals surface area (Å²) in [5.41, 5.74) is 0. The van der Waals surface area contributed by atoms with E-state index in [0.29, 0.717) is 37.5 Å². The largest absolute Gasteiger partial charge is 0.472 e. The number of aliphatic hydroxyl groups excluding tert-OH is 1. The van der Waals surface area contributed by atoms with Gasteiger partial charge in [-0.3, -0.25) is 37.3 Å². The first-order chi connectivity index (χ1) is 43.1. The third kappa shape index (κ3) is 64.8. The average Bonchev–Trinajstić information content (AvgIpc) is 3.67. The smallest absolute Gasteiger partial charge is 0.462 e. The normalized spacial score (nSPS) is 14.3. The van der Waals surface area contributed by atoms with Gasteiger partial charge in [-0.05, 0) is 49.4 Å². The standard InChI is InChI=1S/C71H138O17P2/c1-61(2)47-39-31-23-17-14-12-10-9-11-13-15-19-27-37-45-53-70(75)87-66(57-81-68(73)51-43-35-29-21-25-33-41-49-63(5)6)59-85-89(77,78)83-55-65(72)56-84-90(79,80)86-60-67(58-82-69(74)52-44-36-30-22-26-34-42-50-64(7)8)88-71(76)54-46-38-28-20-16-18-24-32-40-48-62(3)4/h61-67,72H,9-60H2,1-8H3,(H,77,78)(H,79,80)/t65?,66-,67-/m1/s1. The van der Waals surface area contributed by atoms with Crippen LogP contribution in [0.1, 0.15) is 351 Å². The number of aliphatic hydroxyl groups is 1. The lowest BCUT2D eigenvalue weighted by atomic mass is 10.0. The summed E-state index contributed by atoms with van der Waals surface area (Å²) in [4.78, 5) is 72.5. The third-order valence-corrected chi connectivity index (χ3v) is 18.2. The number of unbranched alkanes of at least 4 members (excludes halogenated alkanes) is 34. The topological polar surface area (TPSA) is 237 Å². The van der Waals surface area contributed by atoms with E-state index in [1.807, 2.05) is 0 Å². The molecule has 0 amide bonds. The first kappa shape index (κ1) is 88.1. The second-order valence-corrected chi connectivity index (χ2v) is 30.4. The van der Waals surface area contributed by atoms with Crippen LogP contribution in [0.25, 0.3) is 0 Å². The van der Waals surface area contributed by atoms with Crippen molar-refractivity contribution < 1.29 is 80.2 Å². The molecule has 0 aliphatic carbocycles. The molecule has 3 unspecified atom stereocenters. The van der Waals surface area contributed by atoms with Crippen molar-refractivity contribution in [2.24, 2.45) is 23.7 Å². The molecule has 534 valence electrons. The van der Waals surface area contributed by atoms with Crippen molar-refractivity contribution in [2.45, 2.75) is 369 Å². The van der Waals surface area contributed by atoms with Crippen molar-refractivity contribution in [2.75, 3.05) is 39.6 Å². The minimum absolute atomic E-state index is 0.104. The average molecular weight is 1330 g/mol. The Bertz CT molecular complexity index is 1780. The van der Waals surface area contributed by atoms with Crippen LogP contribution in [0.2, 0.25) is 0 Å². The van der Waals surface area contributed by atoms with E-state index in [1.165, 1.54) is 141 Å². The lowest BCUT2D eigenvalue weighted by Gasteiger charge is -2.21. The predicted molar refractivity (Wildman–Crippen MR) is 363 cm³/mol. The Labute approximate surface area is 549 Å². The van der Waals surface area contributed by atoms with Gasteiger partial charge in [0.25, 0.3) is 0 Å². The van der Waals surface area contributed by atoms with Gasteiger partial charge >= 0.3 is 39.5 Å². The van der Waals surface area contributed by atoms with E-state index in [9.17, 15) is 43.2 Å². The zero-order valence-corrected chi connectivity index (χ0v) is 60.6. The summed E-state index contributed by atoms with van der Waals surface area (Å²) in [5, 5.41) is 10.6. The highest BCUT2D eigenvalue weighted by Crippen LogP contribution is 2.45. The summed E-state index contributed by atoms with van der Waals surface area (Å²) in [6.45, 7) is 14.0. The maximum Gasteiger partial charge on any atom is 0.472 e. The summed E-state index contributed by atoms with van der Waals surface area (Å²) in [5.74, 6) is 0.819. The van der Waals surface area contributed by atoms with Crippen molar-refractivity contribution in [1.29, 1.82) is 0 Å². The van der Waals surface area contributed by atoms with Crippen molar-refractivity contribution >= 4 is 39.5 Å². The van der Waals surface area contributed by atoms with Crippen LogP contribution >= 0.6 is 15.6 Å². The summed E-state index contributed by atoms with van der Waals surface area (Å²) in [6, 6.07) is 0. The molecule has 0 radical (unpaired) electrons. The Morgan fingerprint density at radius 3 is 0.689 bits per heavy atom. The second-order valence-electron chi connectivity index (χ2n) is 27.5. The van der Waals surface area contributed by atoms with Crippen LogP contribution in [0.15, 0.2) is 0 Å². The molecule has 0 saturated heterocycles. The minimum atomic E-state index is -4.95. The number of phosphoric ester groups is 2. The molecular formula is C71H138O17P2. The minimum Gasteiger partial charge on any atom is -0.462 e. The van der Waals surface area contributed by atoms with E-state index in [2.05, 4.69) is 55.4 Å². The summed E-state index contributed by atoms with van der Waals surface area (Å²) < 4.78 is 68.3. The molecule has 0 spiro atoms. The molecule has 0 rings (SSSR count). The number of carbonyl (C=O) groups is 4. The lowest BCUT2D eigenvalue weighted by Crippen LogP contribution is -2.30. The van der Waals surface area contributed by atoms with Crippen molar-refractivity contribution in [3.63, 3.8) is 0 Å². The van der Waals surface area contributed by atoms with Gasteiger partial charge in [-0.15, -0.1) is 0 Å². The van der Waals surface area contributed by atoms with Crippen molar-refractivity contribution in [1.82, 2.24) is 0 Å². The fourth-order valence-corrected chi connectivity index (χ4v) is 12.2. The van der Waals surface area contributed by atoms with Gasteiger partial charge in [0.2, 0.25) is 0 Å². The second kappa shape index (κ2) is 60.7. The number of rotatable bonds is 68. The fourth-order valence-electron chi connectivity index (χ4n) is 10.7. The molecule has 0 aromatic rings. The van der Waals surface area contributed by atoms with Crippen LogP contribution in [-0.2, 0) is 65.4 Å². The van der Waals surface area contributed by atoms with Gasteiger partial charge in [-0.2, -0.15) is 0 Å². The zero-order chi connectivity index (χ0) is 66.8. The quantitative estimate of drug-likeness (QED) is 0.0222. The van der Waals surface area contributed by atoms with Gasteiger partial charge in [-0.1, -0.05) is 299 Å². The number of hydrogen-bond acceptors (Lipinski definition) is 15. The van der Waals surface area contributed by atoms with Gasteiger partial charge < -0.3 is 33.8 Å². The van der Waals surface area contributed by atoms with Crippen molar-refractivity contribution in [3.05, 3.63) is 0 Å². The molecule has 0 aromatic heterocycles. The van der Waals surface area contributed by atoms with Crippen LogP contribution in [0.4, 0.5) is 0 Å². The molecule has 3 N–H and O–H groups in total.